The molecule has 2 rings (SSSR count). The molecule has 17 heavy (non-hydrogen) atoms. The van der Waals surface area contributed by atoms with E-state index in [2.05, 4.69) is 15.0 Å². The molecule has 0 radical (unpaired) electrons. The Kier molecular flexibility index (Phi) is 3.10. The van der Waals surface area contributed by atoms with Gasteiger partial charge in [-0.15, -0.1) is 0 Å². The number of pyridine rings is 1. The number of aryl methyl sites for hydroxylation is 1. The molecule has 0 spiro atoms. The van der Waals surface area contributed by atoms with Crippen LogP contribution < -0.4 is 5.73 Å². The van der Waals surface area contributed by atoms with E-state index in [0.29, 0.717) is 11.5 Å². The minimum absolute atomic E-state index is 0.106. The van der Waals surface area contributed by atoms with Gasteiger partial charge in [0.25, 0.3) is 0 Å². The second kappa shape index (κ2) is 4.55. The summed E-state index contributed by atoms with van der Waals surface area (Å²) in [5, 5.41) is 0. The minimum atomic E-state index is -0.377. The van der Waals surface area contributed by atoms with Gasteiger partial charge in [-0.25, -0.2) is 19.3 Å². The van der Waals surface area contributed by atoms with Crippen molar-refractivity contribution < 1.29 is 4.39 Å². The van der Waals surface area contributed by atoms with E-state index in [1.54, 1.807) is 12.3 Å². The molecule has 0 amide bonds. The Labute approximate surface area is 98.7 Å². The van der Waals surface area contributed by atoms with Crippen LogP contribution in [0.25, 0.3) is 11.5 Å². The Bertz CT molecular complexity index is 523. The fourth-order valence-electron chi connectivity index (χ4n) is 1.55. The standard InChI is InChI=1S/C12H13FN4/c1-7(14)10-6-16-12(17-8(10)2)11-4-3-9(13)5-15-11/h3-7H,14H2,1-2H3/t7-/m1/s1. The van der Waals surface area contributed by atoms with Crippen LogP contribution >= 0.6 is 0 Å². The first-order valence-electron chi connectivity index (χ1n) is 5.29. The molecule has 2 N–H and O–H groups in total. The van der Waals surface area contributed by atoms with E-state index in [1.807, 2.05) is 13.8 Å². The lowest BCUT2D eigenvalue weighted by Gasteiger charge is -2.09. The van der Waals surface area contributed by atoms with Crippen molar-refractivity contribution in [3.8, 4) is 11.5 Å². The number of nitrogens with two attached hydrogens (primary N) is 1. The summed E-state index contributed by atoms with van der Waals surface area (Å²) in [4.78, 5) is 12.4. The minimum Gasteiger partial charge on any atom is -0.324 e. The summed E-state index contributed by atoms with van der Waals surface area (Å²) in [5.41, 5.74) is 8.04. The third-order valence-corrected chi connectivity index (χ3v) is 2.46. The maximum absolute atomic E-state index is 12.7. The normalized spacial score (nSPS) is 12.5. The van der Waals surface area contributed by atoms with E-state index in [0.717, 1.165) is 17.5 Å². The second-order valence-electron chi connectivity index (χ2n) is 3.88. The topological polar surface area (TPSA) is 64.7 Å². The summed E-state index contributed by atoms with van der Waals surface area (Å²) in [6.45, 7) is 3.74. The van der Waals surface area contributed by atoms with Gasteiger partial charge in [0.1, 0.15) is 11.5 Å². The molecule has 0 aliphatic rings. The van der Waals surface area contributed by atoms with Gasteiger partial charge in [0, 0.05) is 23.5 Å². The maximum atomic E-state index is 12.7. The Morgan fingerprint density at radius 2 is 2.00 bits per heavy atom. The van der Waals surface area contributed by atoms with Crippen molar-refractivity contribution in [1.29, 1.82) is 0 Å². The van der Waals surface area contributed by atoms with Gasteiger partial charge in [0.15, 0.2) is 5.82 Å². The SMILES string of the molecule is Cc1nc(-c2ccc(F)cn2)ncc1[C@@H](C)N. The van der Waals surface area contributed by atoms with Crippen molar-refractivity contribution in [2.75, 3.05) is 0 Å². The zero-order valence-corrected chi connectivity index (χ0v) is 9.68. The van der Waals surface area contributed by atoms with Crippen LogP contribution in [0.3, 0.4) is 0 Å². The molecule has 4 nitrogen and oxygen atoms in total. The van der Waals surface area contributed by atoms with Gasteiger partial charge in [-0.3, -0.25) is 0 Å². The Balaban J connectivity index is 2.41. The highest BCUT2D eigenvalue weighted by atomic mass is 19.1. The zero-order valence-electron chi connectivity index (χ0n) is 9.68. The summed E-state index contributed by atoms with van der Waals surface area (Å²) in [6.07, 6.45) is 2.83. The summed E-state index contributed by atoms with van der Waals surface area (Å²) in [7, 11) is 0. The molecule has 0 saturated heterocycles. The highest BCUT2D eigenvalue weighted by molar-refractivity contribution is 5.49. The lowest BCUT2D eigenvalue weighted by atomic mass is 10.1. The average Bonchev–Trinajstić information content (AvgIpc) is 2.29. The van der Waals surface area contributed by atoms with Crippen molar-refractivity contribution >= 4 is 0 Å². The van der Waals surface area contributed by atoms with Gasteiger partial charge in [0.05, 0.1) is 6.20 Å². The maximum Gasteiger partial charge on any atom is 0.178 e. The number of rotatable bonds is 2. The molecule has 0 fully saturated rings. The molecule has 88 valence electrons. The third-order valence-electron chi connectivity index (χ3n) is 2.46. The number of hydrogen-bond acceptors (Lipinski definition) is 4. The molecule has 2 heterocycles. The third kappa shape index (κ3) is 2.45. The molecule has 0 unspecified atom stereocenters. The van der Waals surface area contributed by atoms with Gasteiger partial charge in [0.2, 0.25) is 0 Å². The van der Waals surface area contributed by atoms with Crippen LogP contribution in [0.5, 0.6) is 0 Å². The molecule has 1 atom stereocenters. The molecule has 0 saturated carbocycles. The Morgan fingerprint density at radius 3 is 2.53 bits per heavy atom. The van der Waals surface area contributed by atoms with Crippen LogP contribution in [0.2, 0.25) is 0 Å². The summed E-state index contributed by atoms with van der Waals surface area (Å²) >= 11 is 0. The van der Waals surface area contributed by atoms with E-state index in [4.69, 9.17) is 5.73 Å². The largest absolute Gasteiger partial charge is 0.324 e. The fourth-order valence-corrected chi connectivity index (χ4v) is 1.55. The van der Waals surface area contributed by atoms with E-state index < -0.39 is 0 Å². The van der Waals surface area contributed by atoms with Crippen LogP contribution in [0, 0.1) is 12.7 Å². The van der Waals surface area contributed by atoms with E-state index in [9.17, 15) is 4.39 Å². The molecular weight excluding hydrogens is 219 g/mol. The van der Waals surface area contributed by atoms with Crippen LogP contribution in [-0.4, -0.2) is 15.0 Å². The van der Waals surface area contributed by atoms with Crippen LogP contribution in [0.15, 0.2) is 24.5 Å². The van der Waals surface area contributed by atoms with E-state index in [1.165, 1.54) is 6.07 Å². The quantitative estimate of drug-likeness (QED) is 0.860. The zero-order chi connectivity index (χ0) is 12.4. The summed E-state index contributed by atoms with van der Waals surface area (Å²) in [6, 6.07) is 2.78. The summed E-state index contributed by atoms with van der Waals surface area (Å²) in [5.74, 6) is 0.101. The average molecular weight is 232 g/mol. The molecule has 0 aliphatic heterocycles. The monoisotopic (exact) mass is 232 g/mol. The molecular formula is C12H13FN4. The lowest BCUT2D eigenvalue weighted by Crippen LogP contribution is -2.09. The van der Waals surface area contributed by atoms with Gasteiger partial charge < -0.3 is 5.73 Å². The summed E-state index contributed by atoms with van der Waals surface area (Å²) < 4.78 is 12.7. The van der Waals surface area contributed by atoms with Crippen molar-refractivity contribution in [2.45, 2.75) is 19.9 Å². The lowest BCUT2D eigenvalue weighted by molar-refractivity contribution is 0.621. The molecule has 0 aliphatic carbocycles. The van der Waals surface area contributed by atoms with Crippen molar-refractivity contribution in [2.24, 2.45) is 5.73 Å². The van der Waals surface area contributed by atoms with Crippen LogP contribution in [0.1, 0.15) is 24.2 Å². The number of aromatic nitrogens is 3. The molecule has 0 aromatic carbocycles. The number of nitrogens with zero attached hydrogens (tertiary/aromatic N) is 3. The first-order chi connectivity index (χ1) is 8.08. The Hall–Kier alpha value is -1.88. The van der Waals surface area contributed by atoms with Gasteiger partial charge in [-0.1, -0.05) is 0 Å². The van der Waals surface area contributed by atoms with Crippen molar-refractivity contribution in [3.63, 3.8) is 0 Å². The molecule has 2 aromatic heterocycles. The van der Waals surface area contributed by atoms with Gasteiger partial charge in [-0.2, -0.15) is 0 Å². The van der Waals surface area contributed by atoms with Gasteiger partial charge in [-0.05, 0) is 26.0 Å². The molecule has 5 heteroatoms. The predicted molar refractivity (Wildman–Crippen MR) is 62.6 cm³/mol. The Morgan fingerprint density at radius 1 is 1.24 bits per heavy atom. The first-order valence-corrected chi connectivity index (χ1v) is 5.29. The highest BCUT2D eigenvalue weighted by Gasteiger charge is 2.09. The smallest absolute Gasteiger partial charge is 0.178 e. The fraction of sp³-hybridized carbons (Fsp3) is 0.250. The first kappa shape index (κ1) is 11.6. The van der Waals surface area contributed by atoms with Crippen LogP contribution in [0.4, 0.5) is 4.39 Å². The number of hydrogen-bond donors (Lipinski definition) is 1. The molecule has 0 bridgehead atoms. The van der Waals surface area contributed by atoms with E-state index in [-0.39, 0.29) is 11.9 Å². The van der Waals surface area contributed by atoms with Crippen LogP contribution in [-0.2, 0) is 0 Å². The number of halogens is 1. The van der Waals surface area contributed by atoms with E-state index >= 15 is 0 Å². The van der Waals surface area contributed by atoms with Crippen molar-refractivity contribution in [3.05, 3.63) is 41.6 Å². The predicted octanol–water partition coefficient (Wildman–Crippen LogP) is 2.01. The van der Waals surface area contributed by atoms with Crippen molar-refractivity contribution in [1.82, 2.24) is 15.0 Å². The second-order valence-corrected chi connectivity index (χ2v) is 3.88. The molecule has 2 aromatic rings. The highest BCUT2D eigenvalue weighted by Crippen LogP contribution is 2.17. The van der Waals surface area contributed by atoms with Gasteiger partial charge >= 0.3 is 0 Å².